The van der Waals surface area contributed by atoms with Crippen molar-refractivity contribution in [3.63, 3.8) is 0 Å². The molecule has 0 aliphatic rings. The van der Waals surface area contributed by atoms with Crippen LogP contribution in [0, 0.1) is 0 Å². The number of carbonyl (C=O) groups is 1. The molecule has 1 unspecified atom stereocenters. The molecule has 5 nitrogen and oxygen atoms in total. The SMILES string of the molecule is CCOP(=O)(O)Cc1ccc(C(=O)OC)c2ccccc12. The molecule has 2 aromatic rings. The molecule has 0 heterocycles. The maximum atomic E-state index is 11.9. The van der Waals surface area contributed by atoms with Crippen molar-refractivity contribution < 1.29 is 23.5 Å². The van der Waals surface area contributed by atoms with Gasteiger partial charge in [-0.3, -0.25) is 4.57 Å². The number of esters is 1. The fraction of sp³-hybridized carbons (Fsp3) is 0.267. The smallest absolute Gasteiger partial charge is 0.338 e. The van der Waals surface area contributed by atoms with Crippen molar-refractivity contribution in [1.29, 1.82) is 0 Å². The summed E-state index contributed by atoms with van der Waals surface area (Å²) >= 11 is 0. The van der Waals surface area contributed by atoms with Gasteiger partial charge in [0.2, 0.25) is 0 Å². The average Bonchev–Trinajstić information content (AvgIpc) is 2.46. The van der Waals surface area contributed by atoms with Crippen LogP contribution < -0.4 is 0 Å². The van der Waals surface area contributed by atoms with E-state index in [1.807, 2.05) is 12.1 Å². The van der Waals surface area contributed by atoms with Gasteiger partial charge in [0.15, 0.2) is 0 Å². The molecule has 6 heteroatoms. The lowest BCUT2D eigenvalue weighted by atomic mass is 10.0. The Kier molecular flexibility index (Phi) is 4.78. The van der Waals surface area contributed by atoms with Crippen LogP contribution in [0.2, 0.25) is 0 Å². The van der Waals surface area contributed by atoms with Crippen LogP contribution in [0.5, 0.6) is 0 Å². The molecule has 0 aliphatic carbocycles. The van der Waals surface area contributed by atoms with E-state index < -0.39 is 13.6 Å². The topological polar surface area (TPSA) is 72.8 Å². The van der Waals surface area contributed by atoms with E-state index in [0.29, 0.717) is 16.5 Å². The number of methoxy groups -OCH3 is 1. The summed E-state index contributed by atoms with van der Waals surface area (Å²) in [7, 11) is -2.36. The third-order valence-electron chi connectivity index (χ3n) is 3.12. The predicted octanol–water partition coefficient (Wildman–Crippen LogP) is 3.35. The van der Waals surface area contributed by atoms with E-state index in [4.69, 9.17) is 9.26 Å². The summed E-state index contributed by atoms with van der Waals surface area (Å²) < 4.78 is 21.6. The first kappa shape index (κ1) is 15.7. The van der Waals surface area contributed by atoms with E-state index in [9.17, 15) is 14.3 Å². The Hall–Kier alpha value is -1.68. The number of rotatable bonds is 5. The number of ether oxygens (including phenoxy) is 1. The summed E-state index contributed by atoms with van der Waals surface area (Å²) in [6.45, 7) is 1.84. The predicted molar refractivity (Wildman–Crippen MR) is 80.4 cm³/mol. The van der Waals surface area contributed by atoms with Gasteiger partial charge in [-0.15, -0.1) is 0 Å². The zero-order chi connectivity index (χ0) is 15.5. The Morgan fingerprint density at radius 1 is 1.19 bits per heavy atom. The molecule has 0 aromatic heterocycles. The van der Waals surface area contributed by atoms with Crippen LogP contribution in [0.25, 0.3) is 10.8 Å². The van der Waals surface area contributed by atoms with Crippen molar-refractivity contribution in [3.05, 3.63) is 47.5 Å². The van der Waals surface area contributed by atoms with Crippen molar-refractivity contribution in [3.8, 4) is 0 Å². The molecule has 0 aliphatic heterocycles. The largest absolute Gasteiger partial charge is 0.465 e. The van der Waals surface area contributed by atoms with Gasteiger partial charge >= 0.3 is 13.6 Å². The Labute approximate surface area is 123 Å². The second kappa shape index (κ2) is 6.39. The second-order valence-electron chi connectivity index (χ2n) is 4.52. The Balaban J connectivity index is 2.53. The van der Waals surface area contributed by atoms with E-state index in [1.165, 1.54) is 7.11 Å². The Morgan fingerprint density at radius 3 is 2.48 bits per heavy atom. The van der Waals surface area contributed by atoms with Crippen LogP contribution in [0.15, 0.2) is 36.4 Å². The van der Waals surface area contributed by atoms with Gasteiger partial charge in [0.25, 0.3) is 0 Å². The van der Waals surface area contributed by atoms with Crippen LogP contribution in [0.1, 0.15) is 22.8 Å². The van der Waals surface area contributed by atoms with Gasteiger partial charge in [-0.25, -0.2) is 4.79 Å². The third-order valence-corrected chi connectivity index (χ3v) is 4.52. The summed E-state index contributed by atoms with van der Waals surface area (Å²) in [6.07, 6.45) is -0.0944. The van der Waals surface area contributed by atoms with Gasteiger partial charge in [0.05, 0.1) is 25.4 Å². The normalized spacial score (nSPS) is 13.9. The lowest BCUT2D eigenvalue weighted by Crippen LogP contribution is -2.03. The van der Waals surface area contributed by atoms with Crippen molar-refractivity contribution >= 4 is 24.3 Å². The van der Waals surface area contributed by atoms with Gasteiger partial charge in [-0.1, -0.05) is 30.3 Å². The minimum Gasteiger partial charge on any atom is -0.465 e. The van der Waals surface area contributed by atoms with Crippen LogP contribution in [0.3, 0.4) is 0 Å². The van der Waals surface area contributed by atoms with Crippen LogP contribution in [-0.2, 0) is 20.0 Å². The first-order chi connectivity index (χ1) is 9.98. The van der Waals surface area contributed by atoms with E-state index in [0.717, 1.165) is 5.39 Å². The number of hydrogen-bond acceptors (Lipinski definition) is 4. The number of fused-ring (bicyclic) bond motifs is 1. The van der Waals surface area contributed by atoms with Gasteiger partial charge < -0.3 is 14.2 Å². The van der Waals surface area contributed by atoms with Crippen molar-refractivity contribution in [2.24, 2.45) is 0 Å². The van der Waals surface area contributed by atoms with Gasteiger partial charge in [-0.2, -0.15) is 0 Å². The maximum absolute atomic E-state index is 11.9. The molecule has 0 saturated heterocycles. The summed E-state index contributed by atoms with van der Waals surface area (Å²) in [6, 6.07) is 10.5. The molecule has 2 rings (SSSR count). The minimum absolute atomic E-state index is 0.0944. The number of hydrogen-bond donors (Lipinski definition) is 1. The first-order valence-corrected chi connectivity index (χ1v) is 8.30. The van der Waals surface area contributed by atoms with E-state index in [2.05, 4.69) is 0 Å². The molecule has 0 bridgehead atoms. The van der Waals surface area contributed by atoms with E-state index in [-0.39, 0.29) is 12.8 Å². The van der Waals surface area contributed by atoms with Crippen molar-refractivity contribution in [1.82, 2.24) is 0 Å². The van der Waals surface area contributed by atoms with Crippen LogP contribution in [0.4, 0.5) is 0 Å². The van der Waals surface area contributed by atoms with Crippen molar-refractivity contribution in [2.75, 3.05) is 13.7 Å². The highest BCUT2D eigenvalue weighted by Gasteiger charge is 2.22. The highest BCUT2D eigenvalue weighted by atomic mass is 31.2. The van der Waals surface area contributed by atoms with E-state index in [1.54, 1.807) is 31.2 Å². The molecule has 0 amide bonds. The van der Waals surface area contributed by atoms with Crippen LogP contribution in [-0.4, -0.2) is 24.6 Å². The standard InChI is InChI=1S/C15H17O5P/c1-3-20-21(17,18)10-11-8-9-14(15(16)19-2)13-7-5-4-6-12(11)13/h4-9H,3,10H2,1-2H3,(H,17,18). The third kappa shape index (κ3) is 3.50. The summed E-state index contributed by atoms with van der Waals surface area (Å²) in [4.78, 5) is 21.6. The van der Waals surface area contributed by atoms with E-state index >= 15 is 0 Å². The van der Waals surface area contributed by atoms with Crippen LogP contribution >= 0.6 is 7.60 Å². The first-order valence-electron chi connectivity index (χ1n) is 6.54. The number of carbonyl (C=O) groups excluding carboxylic acids is 1. The van der Waals surface area contributed by atoms with Gasteiger partial charge in [-0.05, 0) is 29.3 Å². The lowest BCUT2D eigenvalue weighted by Gasteiger charge is -2.14. The molecule has 0 saturated carbocycles. The molecule has 1 N–H and O–H groups in total. The molecule has 0 spiro atoms. The fourth-order valence-corrected chi connectivity index (χ4v) is 3.45. The van der Waals surface area contributed by atoms with Gasteiger partial charge in [0.1, 0.15) is 0 Å². The Morgan fingerprint density at radius 2 is 1.86 bits per heavy atom. The van der Waals surface area contributed by atoms with Crippen molar-refractivity contribution in [2.45, 2.75) is 13.1 Å². The molecule has 21 heavy (non-hydrogen) atoms. The number of benzene rings is 2. The quantitative estimate of drug-likeness (QED) is 0.677. The maximum Gasteiger partial charge on any atom is 0.338 e. The zero-order valence-electron chi connectivity index (χ0n) is 11.9. The molecule has 1 atom stereocenters. The lowest BCUT2D eigenvalue weighted by molar-refractivity contribution is 0.0603. The monoisotopic (exact) mass is 308 g/mol. The zero-order valence-corrected chi connectivity index (χ0v) is 12.8. The summed E-state index contributed by atoms with van der Waals surface area (Å²) in [5.41, 5.74) is 1.10. The summed E-state index contributed by atoms with van der Waals surface area (Å²) in [5.74, 6) is -0.435. The van der Waals surface area contributed by atoms with Gasteiger partial charge in [0, 0.05) is 0 Å². The fourth-order valence-electron chi connectivity index (χ4n) is 2.25. The minimum atomic E-state index is -3.68. The summed E-state index contributed by atoms with van der Waals surface area (Å²) in [5, 5.41) is 1.44. The molecule has 2 aromatic carbocycles. The highest BCUT2D eigenvalue weighted by molar-refractivity contribution is 7.52. The molecular formula is C15H17O5P. The molecule has 0 radical (unpaired) electrons. The molecule has 0 fully saturated rings. The Bertz CT molecular complexity index is 710. The second-order valence-corrected chi connectivity index (χ2v) is 6.37. The average molecular weight is 308 g/mol. The molecular weight excluding hydrogens is 291 g/mol. The highest BCUT2D eigenvalue weighted by Crippen LogP contribution is 2.46. The molecule has 112 valence electrons.